The van der Waals surface area contributed by atoms with Gasteiger partial charge in [-0.1, -0.05) is 17.7 Å². The fraction of sp³-hybridized carbons (Fsp3) is 0.125. The summed E-state index contributed by atoms with van der Waals surface area (Å²) in [5.74, 6) is -0.495. The average molecular weight is 304 g/mol. The van der Waals surface area contributed by atoms with Gasteiger partial charge in [0, 0.05) is 11.2 Å². The second-order valence-electron chi connectivity index (χ2n) is 4.44. The second-order valence-corrected chi connectivity index (χ2v) is 4.88. The molecule has 2 aromatic rings. The van der Waals surface area contributed by atoms with Crippen LogP contribution in [0.2, 0.25) is 5.02 Å². The van der Waals surface area contributed by atoms with Gasteiger partial charge in [0.15, 0.2) is 6.61 Å². The van der Waals surface area contributed by atoms with Crippen molar-refractivity contribution >= 4 is 29.5 Å². The molecule has 0 saturated carbocycles. The molecule has 0 amide bonds. The SMILES string of the molecule is Cc1ccc(Cl)cc1N=Cc1ccc(OCC(=O)O)cc1. The normalized spacial score (nSPS) is 10.8. The number of carboxylic acids is 1. The minimum Gasteiger partial charge on any atom is -0.482 e. The van der Waals surface area contributed by atoms with E-state index in [4.69, 9.17) is 21.4 Å². The number of rotatable bonds is 5. The number of aliphatic carboxylic acids is 1. The van der Waals surface area contributed by atoms with Crippen LogP contribution in [0.4, 0.5) is 5.69 Å². The van der Waals surface area contributed by atoms with Gasteiger partial charge in [-0.2, -0.15) is 0 Å². The molecular weight excluding hydrogens is 290 g/mol. The maximum atomic E-state index is 10.4. The van der Waals surface area contributed by atoms with Crippen molar-refractivity contribution in [1.29, 1.82) is 0 Å². The quantitative estimate of drug-likeness (QED) is 0.853. The molecule has 0 aliphatic heterocycles. The Morgan fingerprint density at radius 2 is 2.00 bits per heavy atom. The van der Waals surface area contributed by atoms with Gasteiger partial charge in [-0.05, 0) is 54.4 Å². The van der Waals surface area contributed by atoms with Crippen LogP contribution >= 0.6 is 11.6 Å². The van der Waals surface area contributed by atoms with Crippen LogP contribution in [0.15, 0.2) is 47.5 Å². The molecule has 0 saturated heterocycles. The third kappa shape index (κ3) is 4.61. The third-order valence-electron chi connectivity index (χ3n) is 2.77. The molecule has 0 aromatic heterocycles. The highest BCUT2D eigenvalue weighted by Gasteiger charge is 1.99. The largest absolute Gasteiger partial charge is 0.482 e. The zero-order chi connectivity index (χ0) is 15.2. The van der Waals surface area contributed by atoms with Gasteiger partial charge in [-0.15, -0.1) is 0 Å². The van der Waals surface area contributed by atoms with Crippen molar-refractivity contribution < 1.29 is 14.6 Å². The highest BCUT2D eigenvalue weighted by molar-refractivity contribution is 6.30. The summed E-state index contributed by atoms with van der Waals surface area (Å²) in [4.78, 5) is 14.8. The summed E-state index contributed by atoms with van der Waals surface area (Å²) in [6.45, 7) is 1.61. The van der Waals surface area contributed by atoms with Crippen molar-refractivity contribution in [1.82, 2.24) is 0 Å². The molecule has 0 unspecified atom stereocenters. The van der Waals surface area contributed by atoms with Crippen LogP contribution in [0.25, 0.3) is 0 Å². The van der Waals surface area contributed by atoms with Crippen molar-refractivity contribution in [3.63, 3.8) is 0 Å². The minimum absolute atomic E-state index is 0.352. The lowest BCUT2D eigenvalue weighted by Gasteiger charge is -2.03. The molecule has 0 bridgehead atoms. The first-order chi connectivity index (χ1) is 10.0. The van der Waals surface area contributed by atoms with Crippen molar-refractivity contribution in [3.8, 4) is 5.75 Å². The van der Waals surface area contributed by atoms with Crippen molar-refractivity contribution in [2.45, 2.75) is 6.92 Å². The molecule has 2 rings (SSSR count). The van der Waals surface area contributed by atoms with Crippen LogP contribution in [0, 0.1) is 6.92 Å². The standard InChI is InChI=1S/C16H14ClNO3/c1-11-2-5-13(17)8-15(11)18-9-12-3-6-14(7-4-12)21-10-16(19)20/h2-9H,10H2,1H3,(H,19,20). The third-order valence-corrected chi connectivity index (χ3v) is 3.00. The highest BCUT2D eigenvalue weighted by atomic mass is 35.5. The molecule has 0 spiro atoms. The number of ether oxygens (including phenoxy) is 1. The molecule has 108 valence electrons. The van der Waals surface area contributed by atoms with E-state index in [9.17, 15) is 4.79 Å². The van der Waals surface area contributed by atoms with Crippen molar-refractivity contribution in [3.05, 3.63) is 58.6 Å². The van der Waals surface area contributed by atoms with Gasteiger partial charge in [0.1, 0.15) is 5.75 Å². The van der Waals surface area contributed by atoms with Crippen molar-refractivity contribution in [2.75, 3.05) is 6.61 Å². The van der Waals surface area contributed by atoms with E-state index in [2.05, 4.69) is 4.99 Å². The van der Waals surface area contributed by atoms with Crippen LogP contribution in [-0.4, -0.2) is 23.9 Å². The van der Waals surface area contributed by atoms with Gasteiger partial charge in [-0.25, -0.2) is 4.79 Å². The molecule has 21 heavy (non-hydrogen) atoms. The lowest BCUT2D eigenvalue weighted by Crippen LogP contribution is -2.09. The van der Waals surface area contributed by atoms with E-state index in [1.165, 1.54) is 0 Å². The van der Waals surface area contributed by atoms with E-state index in [1.807, 2.05) is 19.1 Å². The van der Waals surface area contributed by atoms with Crippen molar-refractivity contribution in [2.24, 2.45) is 4.99 Å². The molecule has 1 N–H and O–H groups in total. The number of benzene rings is 2. The number of nitrogens with zero attached hydrogens (tertiary/aromatic N) is 1. The number of hydrogen-bond acceptors (Lipinski definition) is 3. The van der Waals surface area contributed by atoms with Crippen LogP contribution in [0.3, 0.4) is 0 Å². The predicted octanol–water partition coefficient (Wildman–Crippen LogP) is 3.86. The van der Waals surface area contributed by atoms with E-state index in [0.717, 1.165) is 16.8 Å². The second kappa shape index (κ2) is 6.90. The number of hydrogen-bond donors (Lipinski definition) is 1. The predicted molar refractivity (Wildman–Crippen MR) is 83.0 cm³/mol. The van der Waals surface area contributed by atoms with Gasteiger partial charge >= 0.3 is 5.97 Å². The average Bonchev–Trinajstić information content (AvgIpc) is 2.47. The van der Waals surface area contributed by atoms with E-state index >= 15 is 0 Å². The molecule has 5 heteroatoms. The Morgan fingerprint density at radius 3 is 2.67 bits per heavy atom. The van der Waals surface area contributed by atoms with E-state index in [-0.39, 0.29) is 6.61 Å². The smallest absolute Gasteiger partial charge is 0.341 e. The van der Waals surface area contributed by atoms with E-state index in [1.54, 1.807) is 36.5 Å². The number of carbonyl (C=O) groups is 1. The first kappa shape index (κ1) is 15.1. The summed E-state index contributed by atoms with van der Waals surface area (Å²) in [6, 6.07) is 12.6. The molecule has 2 aromatic carbocycles. The lowest BCUT2D eigenvalue weighted by atomic mass is 10.2. The molecule has 0 atom stereocenters. The Labute approximate surface area is 127 Å². The van der Waals surface area contributed by atoms with Gasteiger partial charge < -0.3 is 9.84 Å². The monoisotopic (exact) mass is 303 g/mol. The summed E-state index contributed by atoms with van der Waals surface area (Å²) >= 11 is 5.94. The Hall–Kier alpha value is -2.33. The number of carboxylic acid groups (broad SMARTS) is 1. The fourth-order valence-electron chi connectivity index (χ4n) is 1.66. The minimum atomic E-state index is -1.00. The molecular formula is C16H14ClNO3. The summed E-state index contributed by atoms with van der Waals surface area (Å²) in [5.41, 5.74) is 2.74. The summed E-state index contributed by atoms with van der Waals surface area (Å²) in [7, 11) is 0. The Bertz CT molecular complexity index is 666. The van der Waals surface area contributed by atoms with E-state index in [0.29, 0.717) is 10.8 Å². The Balaban J connectivity index is 2.07. The summed E-state index contributed by atoms with van der Waals surface area (Å²) < 4.78 is 5.06. The van der Waals surface area contributed by atoms with Crippen LogP contribution in [-0.2, 0) is 4.79 Å². The maximum Gasteiger partial charge on any atom is 0.341 e. The van der Waals surface area contributed by atoms with Crippen LogP contribution in [0.5, 0.6) is 5.75 Å². The summed E-state index contributed by atoms with van der Waals surface area (Å²) in [6.07, 6.45) is 1.72. The lowest BCUT2D eigenvalue weighted by molar-refractivity contribution is -0.139. The number of halogens is 1. The number of aliphatic imine (C=N–C) groups is 1. The van der Waals surface area contributed by atoms with E-state index < -0.39 is 5.97 Å². The number of aryl methyl sites for hydroxylation is 1. The highest BCUT2D eigenvalue weighted by Crippen LogP contribution is 2.23. The van der Waals surface area contributed by atoms with Gasteiger partial charge in [0.05, 0.1) is 5.69 Å². The zero-order valence-electron chi connectivity index (χ0n) is 11.4. The maximum absolute atomic E-state index is 10.4. The molecule has 0 heterocycles. The molecule has 4 nitrogen and oxygen atoms in total. The first-order valence-corrected chi connectivity index (χ1v) is 6.67. The van der Waals surface area contributed by atoms with Crippen LogP contribution < -0.4 is 4.74 Å². The van der Waals surface area contributed by atoms with Gasteiger partial charge in [-0.3, -0.25) is 4.99 Å². The molecule has 0 aliphatic carbocycles. The fourth-order valence-corrected chi connectivity index (χ4v) is 1.83. The summed E-state index contributed by atoms with van der Waals surface area (Å²) in [5, 5.41) is 9.17. The topological polar surface area (TPSA) is 58.9 Å². The Morgan fingerprint density at radius 1 is 1.29 bits per heavy atom. The Kier molecular flexibility index (Phi) is 4.95. The molecule has 0 radical (unpaired) electrons. The zero-order valence-corrected chi connectivity index (χ0v) is 12.2. The van der Waals surface area contributed by atoms with Gasteiger partial charge in [0.25, 0.3) is 0 Å². The van der Waals surface area contributed by atoms with Crippen LogP contribution in [0.1, 0.15) is 11.1 Å². The molecule has 0 fully saturated rings. The van der Waals surface area contributed by atoms with Gasteiger partial charge in [0.2, 0.25) is 0 Å². The first-order valence-electron chi connectivity index (χ1n) is 6.29. The molecule has 0 aliphatic rings.